The average molecular weight is 314 g/mol. The van der Waals surface area contributed by atoms with Crippen molar-refractivity contribution in [2.24, 2.45) is 0 Å². The number of hydrogen-bond donors (Lipinski definition) is 0. The van der Waals surface area contributed by atoms with Gasteiger partial charge in [0.05, 0.1) is 11.6 Å². The number of carbonyl (C=O) groups excluding carboxylic acids is 1. The van der Waals surface area contributed by atoms with E-state index in [0.717, 1.165) is 11.1 Å². The molecule has 1 heterocycles. The molecule has 0 bridgehead atoms. The molecule has 5 heteroatoms. The molecule has 0 aliphatic carbocycles. The van der Waals surface area contributed by atoms with E-state index in [1.807, 2.05) is 6.07 Å². The minimum Gasteiger partial charge on any atom is -0.478 e. The molecule has 1 aliphatic rings. The zero-order chi connectivity index (χ0) is 15.5. The Hall–Kier alpha value is -2.51. The highest BCUT2D eigenvalue weighted by Gasteiger charge is 2.30. The first kappa shape index (κ1) is 14.4. The second kappa shape index (κ2) is 6.08. The molecule has 4 nitrogen and oxygen atoms in total. The third-order valence-corrected chi connectivity index (χ3v) is 3.66. The predicted octanol–water partition coefficient (Wildman–Crippen LogP) is 3.26. The highest BCUT2D eigenvalue weighted by atomic mass is 35.5. The molecular weight excluding hydrogens is 302 g/mol. The fourth-order valence-electron chi connectivity index (χ4n) is 2.27. The number of rotatable bonds is 3. The quantitative estimate of drug-likeness (QED) is 0.816. The summed E-state index contributed by atoms with van der Waals surface area (Å²) in [5.41, 5.74) is 2.31. The van der Waals surface area contributed by atoms with Crippen molar-refractivity contribution < 1.29 is 14.3 Å². The Morgan fingerprint density at radius 1 is 1.32 bits per heavy atom. The van der Waals surface area contributed by atoms with E-state index in [4.69, 9.17) is 26.3 Å². The van der Waals surface area contributed by atoms with Crippen LogP contribution in [0.4, 0.5) is 0 Å². The van der Waals surface area contributed by atoms with Gasteiger partial charge in [-0.15, -0.1) is 0 Å². The molecule has 0 fully saturated rings. The number of fused-ring (bicyclic) bond motifs is 1. The second-order valence-electron chi connectivity index (χ2n) is 4.98. The molecular formula is C17H12ClNO3. The fraction of sp³-hybridized carbons (Fsp3) is 0.176. The largest absolute Gasteiger partial charge is 0.478 e. The zero-order valence-electron chi connectivity index (χ0n) is 11.6. The first-order valence-electron chi connectivity index (χ1n) is 6.76. The van der Waals surface area contributed by atoms with Crippen LogP contribution >= 0.6 is 11.6 Å². The van der Waals surface area contributed by atoms with Gasteiger partial charge in [-0.3, -0.25) is 0 Å². The molecule has 2 aromatic rings. The molecule has 2 aromatic carbocycles. The SMILES string of the molecule is N#Cc1ccc(COC(=O)[C@H]2Cc3cc(Cl)ccc3O2)cc1. The summed E-state index contributed by atoms with van der Waals surface area (Å²) in [4.78, 5) is 12.1. The van der Waals surface area contributed by atoms with Crippen molar-refractivity contribution in [1.29, 1.82) is 5.26 Å². The first-order chi connectivity index (χ1) is 10.7. The Bertz CT molecular complexity index is 749. The molecule has 22 heavy (non-hydrogen) atoms. The van der Waals surface area contributed by atoms with Gasteiger partial charge in [0.25, 0.3) is 0 Å². The summed E-state index contributed by atoms with van der Waals surface area (Å²) >= 11 is 5.92. The third kappa shape index (κ3) is 3.05. The number of esters is 1. The maximum absolute atomic E-state index is 12.1. The second-order valence-corrected chi connectivity index (χ2v) is 5.42. The molecule has 3 rings (SSSR count). The summed E-state index contributed by atoms with van der Waals surface area (Å²) < 4.78 is 10.8. The van der Waals surface area contributed by atoms with Crippen molar-refractivity contribution in [3.63, 3.8) is 0 Å². The summed E-state index contributed by atoms with van der Waals surface area (Å²) in [7, 11) is 0. The average Bonchev–Trinajstić information content (AvgIpc) is 2.96. The van der Waals surface area contributed by atoms with Crippen molar-refractivity contribution in [2.45, 2.75) is 19.1 Å². The normalized spacial score (nSPS) is 15.5. The molecule has 0 radical (unpaired) electrons. The lowest BCUT2D eigenvalue weighted by atomic mass is 10.1. The Balaban J connectivity index is 1.58. The molecule has 110 valence electrons. The Kier molecular flexibility index (Phi) is 3.99. The van der Waals surface area contributed by atoms with Gasteiger partial charge in [0.1, 0.15) is 12.4 Å². The highest BCUT2D eigenvalue weighted by molar-refractivity contribution is 6.30. The summed E-state index contributed by atoms with van der Waals surface area (Å²) in [5, 5.41) is 9.35. The van der Waals surface area contributed by atoms with Crippen LogP contribution in [0.5, 0.6) is 5.75 Å². The van der Waals surface area contributed by atoms with Crippen molar-refractivity contribution >= 4 is 17.6 Å². The van der Waals surface area contributed by atoms with Crippen LogP contribution in [0.2, 0.25) is 5.02 Å². The smallest absolute Gasteiger partial charge is 0.348 e. The van der Waals surface area contributed by atoms with Crippen LogP contribution in [0.25, 0.3) is 0 Å². The maximum atomic E-state index is 12.1. The molecule has 0 saturated carbocycles. The number of hydrogen-bond acceptors (Lipinski definition) is 4. The van der Waals surface area contributed by atoms with Crippen molar-refractivity contribution in [3.05, 3.63) is 64.2 Å². The lowest BCUT2D eigenvalue weighted by Crippen LogP contribution is -2.27. The molecule has 1 atom stereocenters. The van der Waals surface area contributed by atoms with Crippen LogP contribution in [0, 0.1) is 11.3 Å². The van der Waals surface area contributed by atoms with Gasteiger partial charge in [-0.1, -0.05) is 23.7 Å². The highest BCUT2D eigenvalue weighted by Crippen LogP contribution is 2.31. The van der Waals surface area contributed by atoms with Crippen LogP contribution in [0.1, 0.15) is 16.7 Å². The molecule has 0 unspecified atom stereocenters. The molecule has 0 amide bonds. The fourth-order valence-corrected chi connectivity index (χ4v) is 2.47. The van der Waals surface area contributed by atoms with E-state index in [1.165, 1.54) is 0 Å². The van der Waals surface area contributed by atoms with Crippen LogP contribution in [0.15, 0.2) is 42.5 Å². The monoisotopic (exact) mass is 313 g/mol. The van der Waals surface area contributed by atoms with Gasteiger partial charge in [-0.2, -0.15) is 5.26 Å². The van der Waals surface area contributed by atoms with Gasteiger partial charge < -0.3 is 9.47 Å². The minimum atomic E-state index is -0.633. The number of nitrogens with zero attached hydrogens (tertiary/aromatic N) is 1. The van der Waals surface area contributed by atoms with E-state index in [0.29, 0.717) is 22.8 Å². The lowest BCUT2D eigenvalue weighted by molar-refractivity contribution is -0.152. The van der Waals surface area contributed by atoms with Gasteiger partial charge in [-0.05, 0) is 41.5 Å². The number of benzene rings is 2. The molecule has 1 aliphatic heterocycles. The number of carbonyl (C=O) groups is 1. The van der Waals surface area contributed by atoms with Gasteiger partial charge in [0.15, 0.2) is 6.10 Å². The van der Waals surface area contributed by atoms with Crippen LogP contribution in [-0.2, 0) is 22.6 Å². The number of nitriles is 1. The van der Waals surface area contributed by atoms with Crippen LogP contribution in [-0.4, -0.2) is 12.1 Å². The van der Waals surface area contributed by atoms with Crippen molar-refractivity contribution in [2.75, 3.05) is 0 Å². The van der Waals surface area contributed by atoms with E-state index in [-0.39, 0.29) is 6.61 Å². The Morgan fingerprint density at radius 2 is 2.09 bits per heavy atom. The summed E-state index contributed by atoms with van der Waals surface area (Å²) in [6, 6.07) is 14.2. The summed E-state index contributed by atoms with van der Waals surface area (Å²) in [6.45, 7) is 0.154. The van der Waals surface area contributed by atoms with E-state index in [1.54, 1.807) is 42.5 Å². The Labute approximate surface area is 132 Å². The van der Waals surface area contributed by atoms with Gasteiger partial charge in [0, 0.05) is 11.4 Å². The predicted molar refractivity (Wildman–Crippen MR) is 80.5 cm³/mol. The third-order valence-electron chi connectivity index (χ3n) is 3.42. The minimum absolute atomic E-state index is 0.154. The standard InChI is InChI=1S/C17H12ClNO3/c18-14-5-6-15-13(7-14)8-16(22-15)17(20)21-10-12-3-1-11(9-19)2-4-12/h1-7,16H,8,10H2/t16-/m1/s1. The van der Waals surface area contributed by atoms with Gasteiger partial charge in [-0.25, -0.2) is 4.79 Å². The van der Waals surface area contributed by atoms with E-state index in [9.17, 15) is 4.79 Å². The first-order valence-corrected chi connectivity index (χ1v) is 7.14. The summed E-state index contributed by atoms with van der Waals surface area (Å²) in [6.07, 6.45) is -0.172. The van der Waals surface area contributed by atoms with Gasteiger partial charge in [0.2, 0.25) is 0 Å². The Morgan fingerprint density at radius 3 is 2.82 bits per heavy atom. The molecule has 0 saturated heterocycles. The molecule has 0 aromatic heterocycles. The topological polar surface area (TPSA) is 59.3 Å². The van der Waals surface area contributed by atoms with Crippen molar-refractivity contribution in [1.82, 2.24) is 0 Å². The van der Waals surface area contributed by atoms with E-state index < -0.39 is 12.1 Å². The van der Waals surface area contributed by atoms with Crippen LogP contribution < -0.4 is 4.74 Å². The summed E-state index contributed by atoms with van der Waals surface area (Å²) in [5.74, 6) is 0.265. The van der Waals surface area contributed by atoms with Crippen molar-refractivity contribution in [3.8, 4) is 11.8 Å². The maximum Gasteiger partial charge on any atom is 0.348 e. The number of ether oxygens (including phenoxy) is 2. The molecule has 0 N–H and O–H groups in total. The van der Waals surface area contributed by atoms with E-state index in [2.05, 4.69) is 0 Å². The van der Waals surface area contributed by atoms with Crippen LogP contribution in [0.3, 0.4) is 0 Å². The molecule has 0 spiro atoms. The lowest BCUT2D eigenvalue weighted by Gasteiger charge is -2.10. The van der Waals surface area contributed by atoms with E-state index >= 15 is 0 Å². The zero-order valence-corrected chi connectivity index (χ0v) is 12.3. The van der Waals surface area contributed by atoms with Gasteiger partial charge >= 0.3 is 5.97 Å². The number of halogens is 1.